The van der Waals surface area contributed by atoms with Crippen molar-refractivity contribution in [1.82, 2.24) is 0 Å². The van der Waals surface area contributed by atoms with Crippen LogP contribution in [0.4, 0.5) is 0 Å². The largest absolute Gasteiger partial charge is 1.00 e. The molecule has 0 spiro atoms. The zero-order valence-electron chi connectivity index (χ0n) is 11.8. The number of aliphatic carboxylic acids is 1. The first-order valence-electron chi connectivity index (χ1n) is 6.18. The first-order chi connectivity index (χ1) is 9.65. The Morgan fingerprint density at radius 2 is 1.67 bits per heavy atom. The standard InChI is InChI=1S/C7H8N2O2.C6H8O3.Na/c8-9-5-6(10)7-3-1-2-4-11-7;7-6(8)5-3-1-2-4-9-5;/h2,4-5,7H,1,3H2;2,4-5H,1,3H2,(H,7,8);/q;;+1/p-1. The van der Waals surface area contributed by atoms with Crippen molar-refractivity contribution in [1.29, 1.82) is 0 Å². The Morgan fingerprint density at radius 1 is 1.14 bits per heavy atom. The molecule has 0 fully saturated rings. The molecule has 2 atom stereocenters. The number of allylic oxidation sites excluding steroid dienone is 2. The number of rotatable bonds is 3. The second kappa shape index (κ2) is 11.3. The fraction of sp³-hybridized carbons (Fsp3) is 0.462. The van der Waals surface area contributed by atoms with Crippen molar-refractivity contribution >= 4 is 18.0 Å². The molecule has 2 aliphatic rings. The number of hydrogen-bond donors (Lipinski definition) is 0. The molecule has 0 aliphatic carbocycles. The van der Waals surface area contributed by atoms with Crippen molar-refractivity contribution < 1.29 is 58.5 Å². The van der Waals surface area contributed by atoms with Gasteiger partial charge in [-0.1, -0.05) is 0 Å². The minimum Gasteiger partial charge on any atom is -0.546 e. The average molecular weight is 302 g/mol. The van der Waals surface area contributed by atoms with Gasteiger partial charge >= 0.3 is 35.8 Å². The van der Waals surface area contributed by atoms with E-state index in [9.17, 15) is 14.7 Å². The van der Waals surface area contributed by atoms with Gasteiger partial charge in [0.15, 0.2) is 6.10 Å². The molecule has 108 valence electrons. The van der Waals surface area contributed by atoms with Crippen molar-refractivity contribution in [2.45, 2.75) is 37.9 Å². The molecular formula is C13H15N2NaO5. The van der Waals surface area contributed by atoms with Crippen LogP contribution < -0.4 is 34.7 Å². The van der Waals surface area contributed by atoms with Gasteiger partial charge in [0.25, 0.3) is 5.78 Å². The van der Waals surface area contributed by atoms with Gasteiger partial charge in [-0.25, -0.2) is 0 Å². The molecule has 2 aliphatic heterocycles. The van der Waals surface area contributed by atoms with E-state index in [0.29, 0.717) is 12.8 Å². The van der Waals surface area contributed by atoms with E-state index >= 15 is 0 Å². The van der Waals surface area contributed by atoms with Gasteiger partial charge in [0.05, 0.1) is 18.5 Å². The monoisotopic (exact) mass is 302 g/mol. The smallest absolute Gasteiger partial charge is 0.546 e. The molecule has 0 saturated heterocycles. The first kappa shape index (κ1) is 19.6. The fourth-order valence-electron chi connectivity index (χ4n) is 1.59. The molecule has 0 amide bonds. The maximum Gasteiger partial charge on any atom is 1.00 e. The Morgan fingerprint density at radius 3 is 2.00 bits per heavy atom. The summed E-state index contributed by atoms with van der Waals surface area (Å²) in [4.78, 5) is 23.6. The van der Waals surface area contributed by atoms with Crippen molar-refractivity contribution in [3.63, 3.8) is 0 Å². The summed E-state index contributed by atoms with van der Waals surface area (Å²) in [6, 6.07) is 0. The Hall–Kier alpha value is -1.40. The number of carboxylic acids is 1. The minimum absolute atomic E-state index is 0. The summed E-state index contributed by atoms with van der Waals surface area (Å²) in [7, 11) is 0. The van der Waals surface area contributed by atoms with Crippen LogP contribution >= 0.6 is 0 Å². The molecule has 2 rings (SSSR count). The van der Waals surface area contributed by atoms with E-state index in [4.69, 9.17) is 15.0 Å². The van der Waals surface area contributed by atoms with Crippen LogP contribution in [-0.4, -0.2) is 35.0 Å². The van der Waals surface area contributed by atoms with Gasteiger partial charge in [0, 0.05) is 0 Å². The third-order valence-electron chi connectivity index (χ3n) is 2.63. The van der Waals surface area contributed by atoms with Crippen LogP contribution in [0.25, 0.3) is 5.53 Å². The van der Waals surface area contributed by atoms with Gasteiger partial charge < -0.3 is 24.9 Å². The summed E-state index contributed by atoms with van der Waals surface area (Å²) >= 11 is 0. The second-order valence-electron chi connectivity index (χ2n) is 4.11. The van der Waals surface area contributed by atoms with E-state index in [0.717, 1.165) is 19.1 Å². The van der Waals surface area contributed by atoms with Crippen LogP contribution in [0.5, 0.6) is 0 Å². The molecular weight excluding hydrogens is 287 g/mol. The molecule has 8 heteroatoms. The molecule has 0 aromatic carbocycles. The molecule has 0 radical (unpaired) electrons. The summed E-state index contributed by atoms with van der Waals surface area (Å²) in [5.74, 6) is -1.42. The molecule has 0 bridgehead atoms. The van der Waals surface area contributed by atoms with Crippen molar-refractivity contribution in [2.24, 2.45) is 0 Å². The molecule has 7 nitrogen and oxygen atoms in total. The number of carboxylic acid groups (broad SMARTS) is 1. The van der Waals surface area contributed by atoms with E-state index in [-0.39, 0.29) is 35.3 Å². The number of Topliss-reactive ketones (excluding diaryl/α,β-unsaturated/α-hetero) is 1. The number of carbonyl (C=O) groups excluding carboxylic acids is 2. The van der Waals surface area contributed by atoms with Crippen LogP contribution in [0, 0.1) is 0 Å². The first-order valence-corrected chi connectivity index (χ1v) is 6.18. The molecule has 21 heavy (non-hydrogen) atoms. The molecule has 2 unspecified atom stereocenters. The molecule has 0 N–H and O–H groups in total. The number of ether oxygens (including phenoxy) is 2. The minimum atomic E-state index is -1.13. The second-order valence-corrected chi connectivity index (χ2v) is 4.11. The Kier molecular flexibility index (Phi) is 10.5. The SMILES string of the molecule is O=C([O-])C1CCC=CO1.[N-]=[N+]=CC(=O)C1CCC=CO1.[Na+]. The Bertz CT molecular complexity index is 457. The molecule has 0 saturated carbocycles. The van der Waals surface area contributed by atoms with Crippen molar-refractivity contribution in [2.75, 3.05) is 0 Å². The third kappa shape index (κ3) is 7.82. The van der Waals surface area contributed by atoms with Gasteiger partial charge in [0.2, 0.25) is 0 Å². The van der Waals surface area contributed by atoms with Gasteiger partial charge in [-0.3, -0.25) is 4.79 Å². The molecule has 0 aromatic rings. The van der Waals surface area contributed by atoms with Crippen LogP contribution in [-0.2, 0) is 19.1 Å². The number of ketones is 1. The number of carbonyl (C=O) groups is 2. The maximum absolute atomic E-state index is 10.9. The predicted octanol–water partition coefficient (Wildman–Crippen LogP) is -3.02. The molecule has 2 heterocycles. The summed E-state index contributed by atoms with van der Waals surface area (Å²) in [5.41, 5.74) is 8.04. The van der Waals surface area contributed by atoms with E-state index < -0.39 is 18.2 Å². The summed E-state index contributed by atoms with van der Waals surface area (Å²) < 4.78 is 9.66. The average Bonchev–Trinajstić information content (AvgIpc) is 2.50. The fourth-order valence-corrected chi connectivity index (χ4v) is 1.59. The zero-order valence-corrected chi connectivity index (χ0v) is 13.8. The van der Waals surface area contributed by atoms with Crippen LogP contribution in [0.15, 0.2) is 24.7 Å². The Balaban J connectivity index is 0.000000370. The van der Waals surface area contributed by atoms with E-state index in [1.807, 2.05) is 6.08 Å². The summed E-state index contributed by atoms with van der Waals surface area (Å²) in [6.07, 6.45) is 8.99. The summed E-state index contributed by atoms with van der Waals surface area (Å²) in [5, 5.41) is 10.1. The maximum atomic E-state index is 10.9. The van der Waals surface area contributed by atoms with Gasteiger partial charge in [-0.15, -0.1) is 0 Å². The van der Waals surface area contributed by atoms with Crippen LogP contribution in [0.1, 0.15) is 25.7 Å². The number of nitrogens with zero attached hydrogens (tertiary/aromatic N) is 2. The van der Waals surface area contributed by atoms with E-state index in [1.54, 1.807) is 6.08 Å². The van der Waals surface area contributed by atoms with Crippen LogP contribution in [0.2, 0.25) is 0 Å². The van der Waals surface area contributed by atoms with Gasteiger partial charge in [0.1, 0.15) is 6.10 Å². The molecule has 0 aromatic heterocycles. The quantitative estimate of drug-likeness (QED) is 0.238. The van der Waals surface area contributed by atoms with E-state index in [1.165, 1.54) is 12.5 Å². The van der Waals surface area contributed by atoms with Gasteiger partial charge in [-0.2, -0.15) is 4.79 Å². The van der Waals surface area contributed by atoms with E-state index in [2.05, 4.69) is 4.79 Å². The zero-order chi connectivity index (χ0) is 14.8. The van der Waals surface area contributed by atoms with Gasteiger partial charge in [-0.05, 0) is 37.8 Å². The van der Waals surface area contributed by atoms with Crippen molar-refractivity contribution in [3.8, 4) is 0 Å². The van der Waals surface area contributed by atoms with Crippen molar-refractivity contribution in [3.05, 3.63) is 30.2 Å². The predicted molar refractivity (Wildman–Crippen MR) is 66.2 cm³/mol. The Labute approximate surface area is 144 Å². The van der Waals surface area contributed by atoms with Crippen LogP contribution in [0.3, 0.4) is 0 Å². The topological polar surface area (TPSA) is 112 Å². The summed E-state index contributed by atoms with van der Waals surface area (Å²) in [6.45, 7) is 0. The number of hydrogen-bond acceptors (Lipinski definition) is 5. The normalized spacial score (nSPS) is 22.1. The third-order valence-corrected chi connectivity index (χ3v) is 2.63.